The molecule has 24 heteroatoms. The first kappa shape index (κ1) is 51.4. The first-order valence-electron chi connectivity index (χ1n) is 20.4. The van der Waals surface area contributed by atoms with Gasteiger partial charge in [-0.3, -0.25) is 30.5 Å². The van der Waals surface area contributed by atoms with Gasteiger partial charge in [-0.05, 0) is 72.2 Å². The minimum absolute atomic E-state index is 0.0619. The molecular formula is C43H51N7O16S. The number of benzene rings is 3. The molecule has 0 radical (unpaired) electrons. The molecule has 5 aromatic rings. The Balaban J connectivity index is 1.55. The van der Waals surface area contributed by atoms with E-state index < -0.39 is 50.7 Å². The fourth-order valence-corrected chi connectivity index (χ4v) is 7.42. The molecule has 1 atom stereocenters. The van der Waals surface area contributed by atoms with Crippen LogP contribution in [0.4, 0.5) is 10.6 Å². The van der Waals surface area contributed by atoms with Crippen molar-refractivity contribution in [1.29, 1.82) is 0 Å². The lowest BCUT2D eigenvalue weighted by molar-refractivity contribution is -0.497. The van der Waals surface area contributed by atoms with Gasteiger partial charge in [0.1, 0.15) is 13.2 Å². The largest absolute Gasteiger partial charge is 0.510 e. The number of hydrogen-bond acceptors (Lipinski definition) is 22. The molecular weight excluding hydrogens is 903 g/mol. The topological polar surface area (TPSA) is 284 Å². The van der Waals surface area contributed by atoms with E-state index in [-0.39, 0.29) is 91.6 Å². The number of hydrogen-bond donors (Lipinski definition) is 4. The van der Waals surface area contributed by atoms with E-state index >= 15 is 8.42 Å². The number of carbonyl (C=O) groups is 2. The summed E-state index contributed by atoms with van der Waals surface area (Å²) in [6.07, 6.45) is 0.142. The number of sulfonamides is 1. The molecule has 1 unspecified atom stereocenters. The summed E-state index contributed by atoms with van der Waals surface area (Å²) >= 11 is 0. The number of nitrogens with zero attached hydrogens (tertiary/aromatic N) is 7. The van der Waals surface area contributed by atoms with Crippen LogP contribution in [0.25, 0.3) is 11.6 Å². The molecule has 3 aromatic carbocycles. The summed E-state index contributed by atoms with van der Waals surface area (Å²) in [7, 11) is -3.40. The maximum absolute atomic E-state index is 15.1. The van der Waals surface area contributed by atoms with E-state index in [0.29, 0.717) is 15.4 Å². The molecule has 2 heterocycles. The highest BCUT2D eigenvalue weighted by molar-refractivity contribution is 7.92. The van der Waals surface area contributed by atoms with Crippen molar-refractivity contribution in [2.24, 2.45) is 0 Å². The molecule has 0 amide bonds. The number of carbonyl (C=O) groups excluding carboxylic acids is 2. The fourth-order valence-electron chi connectivity index (χ4n) is 5.93. The third kappa shape index (κ3) is 15.2. The van der Waals surface area contributed by atoms with E-state index in [1.807, 2.05) is 20.8 Å². The second-order valence-corrected chi connectivity index (χ2v) is 16.9. The highest BCUT2D eigenvalue weighted by Crippen LogP contribution is 2.44. The van der Waals surface area contributed by atoms with Crippen molar-refractivity contribution in [2.75, 3.05) is 37.8 Å². The maximum atomic E-state index is 15.1. The first-order chi connectivity index (χ1) is 32.0. The molecule has 0 bridgehead atoms. The maximum Gasteiger partial charge on any atom is 0.510 e. The zero-order valence-corrected chi connectivity index (χ0v) is 37.9. The Morgan fingerprint density at radius 1 is 0.731 bits per heavy atom. The Bertz CT molecular complexity index is 2480. The highest BCUT2D eigenvalue weighted by Gasteiger charge is 2.39. The standard InChI is InChI=1S/C43H51N7O16S/c1-29(65-42(52)62-23-8-9-24-63-49(53)54)48(67(57,58)33-19-17-32(18-20-33)43(2,3)4)40-37(66-35-12-7-6-11-34(35)59-5)41(47-39(46-40)38-44-21-10-22-45-38)61-26-25-60-36(51)27-30-13-15-31(16-14-30)28-64-50(55)56/h6-7,10-22,29,53-56H,8-9,23-28H2,1-5H3. The van der Waals surface area contributed by atoms with Gasteiger partial charge in [0, 0.05) is 12.4 Å². The van der Waals surface area contributed by atoms with Crippen LogP contribution in [-0.4, -0.2) is 112 Å². The molecule has 360 valence electrons. The zero-order valence-electron chi connectivity index (χ0n) is 37.1. The Morgan fingerprint density at radius 2 is 1.37 bits per heavy atom. The second kappa shape index (κ2) is 24.2. The molecule has 0 aliphatic heterocycles. The van der Waals surface area contributed by atoms with Crippen LogP contribution in [0.3, 0.4) is 0 Å². The van der Waals surface area contributed by atoms with Gasteiger partial charge in [0.25, 0.3) is 15.9 Å². The number of methoxy groups -OCH3 is 1. The van der Waals surface area contributed by atoms with Crippen LogP contribution >= 0.6 is 0 Å². The van der Waals surface area contributed by atoms with Gasteiger partial charge in [-0.15, -0.1) is 0 Å². The van der Waals surface area contributed by atoms with Crippen LogP contribution in [0.2, 0.25) is 0 Å². The number of aromatic nitrogens is 4. The number of rotatable bonds is 24. The second-order valence-electron chi connectivity index (χ2n) is 15.1. The molecule has 0 aliphatic rings. The normalized spacial score (nSPS) is 12.1. The SMILES string of the molecule is COc1ccccc1Oc1c(OCCOC(=O)Cc2ccc(CON(O)O)cc2)nc(-c2ncccn2)nc1N(C(C)OC(=O)OCCCCON(O)O)S(=O)(=O)c1ccc(C(C)(C)C)cc1. The predicted octanol–water partition coefficient (Wildman–Crippen LogP) is 6.20. The third-order valence-electron chi connectivity index (χ3n) is 9.22. The van der Waals surface area contributed by atoms with Crippen molar-refractivity contribution in [2.45, 2.75) is 70.1 Å². The van der Waals surface area contributed by atoms with Gasteiger partial charge < -0.3 is 28.4 Å². The lowest BCUT2D eigenvalue weighted by atomic mass is 9.87. The number of unbranched alkanes of at least 4 members (excludes halogenated alkanes) is 1. The number of esters is 1. The van der Waals surface area contributed by atoms with Crippen LogP contribution in [0.5, 0.6) is 23.1 Å². The van der Waals surface area contributed by atoms with E-state index in [1.54, 1.807) is 60.7 Å². The first-order valence-corrected chi connectivity index (χ1v) is 21.9. The van der Waals surface area contributed by atoms with E-state index in [1.165, 1.54) is 44.6 Å². The van der Waals surface area contributed by atoms with Gasteiger partial charge in [0.05, 0.1) is 49.0 Å². The van der Waals surface area contributed by atoms with Crippen molar-refractivity contribution in [3.05, 3.63) is 108 Å². The lowest BCUT2D eigenvalue weighted by Crippen LogP contribution is -2.42. The Kier molecular flexibility index (Phi) is 18.6. The quantitative estimate of drug-likeness (QED) is 0.0232. The molecule has 0 aliphatic carbocycles. The molecule has 23 nitrogen and oxygen atoms in total. The molecule has 67 heavy (non-hydrogen) atoms. The summed E-state index contributed by atoms with van der Waals surface area (Å²) in [5.74, 6) is -1.97. The third-order valence-corrected chi connectivity index (χ3v) is 11.1. The Hall–Kier alpha value is -6.61. The summed E-state index contributed by atoms with van der Waals surface area (Å²) in [5, 5.41) is 34.2. The summed E-state index contributed by atoms with van der Waals surface area (Å²) in [6.45, 7) is 6.02. The fraction of sp³-hybridized carbons (Fsp3) is 0.349. The van der Waals surface area contributed by atoms with Gasteiger partial charge in [0.2, 0.25) is 11.6 Å². The van der Waals surface area contributed by atoms with Gasteiger partial charge in [0.15, 0.2) is 29.4 Å². The smallest absolute Gasteiger partial charge is 0.493 e. The molecule has 0 saturated carbocycles. The average molecular weight is 954 g/mol. The van der Waals surface area contributed by atoms with Crippen LogP contribution in [0.15, 0.2) is 96.2 Å². The highest BCUT2D eigenvalue weighted by atomic mass is 32.2. The predicted molar refractivity (Wildman–Crippen MR) is 230 cm³/mol. The Morgan fingerprint density at radius 3 is 2.01 bits per heavy atom. The molecule has 2 aromatic heterocycles. The number of anilines is 1. The van der Waals surface area contributed by atoms with Gasteiger partial charge in [-0.1, -0.05) is 69.3 Å². The minimum Gasteiger partial charge on any atom is -0.493 e. The van der Waals surface area contributed by atoms with Gasteiger partial charge in [-0.25, -0.2) is 37.3 Å². The van der Waals surface area contributed by atoms with Gasteiger partial charge in [-0.2, -0.15) is 4.98 Å². The zero-order chi connectivity index (χ0) is 48.6. The van der Waals surface area contributed by atoms with E-state index in [4.69, 9.17) is 49.3 Å². The van der Waals surface area contributed by atoms with Crippen LogP contribution in [-0.2, 0) is 57.1 Å². The van der Waals surface area contributed by atoms with E-state index in [0.717, 1.165) is 5.56 Å². The summed E-state index contributed by atoms with van der Waals surface area (Å²) in [5.41, 5.74) is 1.66. The molecule has 0 spiro atoms. The molecule has 4 N–H and O–H groups in total. The van der Waals surface area contributed by atoms with Crippen LogP contribution in [0.1, 0.15) is 57.2 Å². The van der Waals surface area contributed by atoms with Crippen molar-refractivity contribution >= 4 is 28.0 Å². The summed E-state index contributed by atoms with van der Waals surface area (Å²) in [4.78, 5) is 52.7. The lowest BCUT2D eigenvalue weighted by Gasteiger charge is -2.30. The van der Waals surface area contributed by atoms with Crippen molar-refractivity contribution in [3.63, 3.8) is 0 Å². The van der Waals surface area contributed by atoms with E-state index in [2.05, 4.69) is 29.6 Å². The Labute approximate surface area is 385 Å². The monoisotopic (exact) mass is 953 g/mol. The van der Waals surface area contributed by atoms with Crippen LogP contribution < -0.4 is 18.5 Å². The average Bonchev–Trinajstić information content (AvgIpc) is 3.29. The molecule has 0 fully saturated rings. The van der Waals surface area contributed by atoms with Crippen LogP contribution in [0, 0.1) is 0 Å². The van der Waals surface area contributed by atoms with Crippen molar-refractivity contribution in [3.8, 4) is 34.8 Å². The van der Waals surface area contributed by atoms with E-state index in [9.17, 15) is 9.59 Å². The summed E-state index contributed by atoms with van der Waals surface area (Å²) in [6, 6.07) is 20.6. The van der Waals surface area contributed by atoms with Crippen molar-refractivity contribution < 1.29 is 76.9 Å². The van der Waals surface area contributed by atoms with Crippen molar-refractivity contribution in [1.82, 2.24) is 30.7 Å². The molecule has 5 rings (SSSR count). The summed E-state index contributed by atoms with van der Waals surface area (Å²) < 4.78 is 65.2. The molecule has 0 saturated heterocycles. The number of para-hydroxylation sites is 2. The number of ether oxygens (including phenoxy) is 6. The van der Waals surface area contributed by atoms with Gasteiger partial charge >= 0.3 is 12.1 Å². The minimum atomic E-state index is -4.79.